The van der Waals surface area contributed by atoms with Gasteiger partial charge in [0.05, 0.1) is 19.8 Å². The summed E-state index contributed by atoms with van der Waals surface area (Å²) in [6.07, 6.45) is -3.43. The summed E-state index contributed by atoms with van der Waals surface area (Å²) < 4.78 is 41.6. The van der Waals surface area contributed by atoms with Gasteiger partial charge in [0.25, 0.3) is 8.32 Å². The van der Waals surface area contributed by atoms with Gasteiger partial charge >= 0.3 is 0 Å². The van der Waals surface area contributed by atoms with E-state index in [2.05, 4.69) is 106 Å². The highest BCUT2D eigenvalue weighted by Crippen LogP contribution is 2.42. The van der Waals surface area contributed by atoms with Gasteiger partial charge in [-0.2, -0.15) is 0 Å². The van der Waals surface area contributed by atoms with E-state index >= 15 is 0 Å². The normalized spacial score (nSPS) is 24.0. The Morgan fingerprint density at radius 1 is 0.580 bits per heavy atom. The summed E-state index contributed by atoms with van der Waals surface area (Å²) >= 11 is 0. The average Bonchev–Trinajstić information content (AvgIpc) is 3.16. The predicted octanol–water partition coefficient (Wildman–Crippen LogP) is 7.57. The van der Waals surface area contributed by atoms with E-state index in [-0.39, 0.29) is 5.04 Å². The fraction of sp³-hybridized carbons (Fsp3) is 0.302. The number of hydrogen-bond donors (Lipinski definition) is 0. The van der Waals surface area contributed by atoms with Crippen LogP contribution in [0.2, 0.25) is 5.04 Å². The van der Waals surface area contributed by atoms with Gasteiger partial charge in [0, 0.05) is 5.56 Å². The predicted molar refractivity (Wildman–Crippen MR) is 197 cm³/mol. The minimum Gasteiger partial charge on any atom is -0.381 e. The molecule has 5 aromatic rings. The molecule has 6 nitrogen and oxygen atoms in total. The van der Waals surface area contributed by atoms with Crippen LogP contribution in [0, 0.1) is 0 Å². The first-order chi connectivity index (χ1) is 24.4. The monoisotopic (exact) mass is 686 g/mol. The molecular weight excluding hydrogens is 641 g/mol. The molecule has 258 valence electrons. The van der Waals surface area contributed by atoms with E-state index in [4.69, 9.17) is 28.1 Å². The molecule has 0 saturated carbocycles. The van der Waals surface area contributed by atoms with Gasteiger partial charge in [0.2, 0.25) is 0 Å². The van der Waals surface area contributed by atoms with E-state index in [0.29, 0.717) is 19.8 Å². The number of ether oxygens (including phenoxy) is 5. The fourth-order valence-corrected chi connectivity index (χ4v) is 11.7. The molecule has 2 fully saturated rings. The van der Waals surface area contributed by atoms with Gasteiger partial charge in [-0.3, -0.25) is 0 Å². The van der Waals surface area contributed by atoms with E-state index < -0.39 is 45.3 Å². The van der Waals surface area contributed by atoms with Crippen LogP contribution in [0.5, 0.6) is 0 Å². The molecule has 2 aliphatic rings. The molecule has 0 aromatic heterocycles. The second kappa shape index (κ2) is 15.5. The van der Waals surface area contributed by atoms with E-state index in [1.54, 1.807) is 0 Å². The van der Waals surface area contributed by atoms with Gasteiger partial charge in [0.1, 0.15) is 24.4 Å². The standard InChI is InChI=1S/C43H46O6Si/c1-43(2,3)50(35-25-15-7-16-26-35,36-27-17-8-18-28-36)49-42-40(45-30-33-21-11-5-12-22-33)39(44-29-32-19-9-4-10-20-32)38-37(47-42)31-46-41(48-38)34-23-13-6-14-24-34/h4-28,37-42H,29-31H2,1-3H3/t37?,38-,39+,40?,41?,42+/m1/s1. The zero-order valence-electron chi connectivity index (χ0n) is 29.0. The summed E-state index contributed by atoms with van der Waals surface area (Å²) in [5.41, 5.74) is 3.06. The van der Waals surface area contributed by atoms with Gasteiger partial charge < -0.3 is 28.1 Å². The Bertz CT molecular complexity index is 1710. The third kappa shape index (κ3) is 7.41. The fourth-order valence-electron chi connectivity index (χ4n) is 7.19. The Hall–Kier alpha value is -3.92. The molecule has 50 heavy (non-hydrogen) atoms. The molecular formula is C43H46O6Si. The van der Waals surface area contributed by atoms with Crippen molar-refractivity contribution < 1.29 is 28.1 Å². The highest BCUT2D eigenvalue weighted by atomic mass is 28.4. The first-order valence-corrected chi connectivity index (χ1v) is 19.4. The van der Waals surface area contributed by atoms with Crippen molar-refractivity contribution in [3.8, 4) is 0 Å². The smallest absolute Gasteiger partial charge is 0.264 e. The zero-order valence-corrected chi connectivity index (χ0v) is 30.0. The van der Waals surface area contributed by atoms with Crippen LogP contribution in [0.1, 0.15) is 43.8 Å². The molecule has 5 aromatic carbocycles. The maximum absolute atomic E-state index is 7.66. The van der Waals surface area contributed by atoms with Crippen molar-refractivity contribution in [1.82, 2.24) is 0 Å². The highest BCUT2D eigenvalue weighted by Gasteiger charge is 2.57. The molecule has 7 heteroatoms. The van der Waals surface area contributed by atoms with Crippen LogP contribution in [0.4, 0.5) is 0 Å². The summed E-state index contributed by atoms with van der Waals surface area (Å²) in [6.45, 7) is 7.87. The van der Waals surface area contributed by atoms with Crippen LogP contribution in [0.25, 0.3) is 0 Å². The van der Waals surface area contributed by atoms with E-state index in [1.807, 2.05) is 66.7 Å². The van der Waals surface area contributed by atoms with Crippen LogP contribution in [-0.2, 0) is 41.3 Å². The molecule has 2 saturated heterocycles. The van der Waals surface area contributed by atoms with Crippen molar-refractivity contribution in [1.29, 1.82) is 0 Å². The molecule has 3 unspecified atom stereocenters. The third-order valence-corrected chi connectivity index (χ3v) is 14.6. The van der Waals surface area contributed by atoms with E-state index in [9.17, 15) is 0 Å². The Labute approximate surface area is 297 Å². The van der Waals surface area contributed by atoms with Crippen LogP contribution < -0.4 is 10.4 Å². The zero-order chi connectivity index (χ0) is 34.4. The molecule has 0 radical (unpaired) electrons. The molecule has 6 atom stereocenters. The quantitative estimate of drug-likeness (QED) is 0.134. The first kappa shape index (κ1) is 34.5. The Morgan fingerprint density at radius 3 is 1.54 bits per heavy atom. The number of hydrogen-bond acceptors (Lipinski definition) is 6. The average molecular weight is 687 g/mol. The highest BCUT2D eigenvalue weighted by molar-refractivity contribution is 6.99. The lowest BCUT2D eigenvalue weighted by Gasteiger charge is -2.52. The summed E-state index contributed by atoms with van der Waals surface area (Å²) in [7, 11) is -3.07. The molecule has 0 amide bonds. The number of rotatable bonds is 11. The van der Waals surface area contributed by atoms with E-state index in [1.165, 1.54) is 0 Å². The van der Waals surface area contributed by atoms with Crippen molar-refractivity contribution in [2.45, 2.75) is 76.0 Å². The Kier molecular flexibility index (Phi) is 10.7. The van der Waals surface area contributed by atoms with Crippen molar-refractivity contribution in [3.05, 3.63) is 168 Å². The minimum atomic E-state index is -3.07. The lowest BCUT2D eigenvalue weighted by atomic mass is 9.97. The summed E-state index contributed by atoms with van der Waals surface area (Å²) in [5, 5.41) is 2.04. The molecule has 0 spiro atoms. The molecule has 0 bridgehead atoms. The number of fused-ring (bicyclic) bond motifs is 1. The van der Waals surface area contributed by atoms with Crippen LogP contribution >= 0.6 is 0 Å². The van der Waals surface area contributed by atoms with Gasteiger partial charge in [-0.1, -0.05) is 172 Å². The second-order valence-corrected chi connectivity index (χ2v) is 18.3. The SMILES string of the molecule is CC(C)(C)[Si](O[C@@H]1OC2COC(c3ccccc3)O[C@H]2[C@H](OCc2ccccc2)C1OCc1ccccc1)(c1ccccc1)c1ccccc1. The maximum atomic E-state index is 7.66. The van der Waals surface area contributed by atoms with Gasteiger partial charge in [-0.25, -0.2) is 0 Å². The van der Waals surface area contributed by atoms with Crippen molar-refractivity contribution in [2.24, 2.45) is 0 Å². The Morgan fingerprint density at radius 2 is 1.04 bits per heavy atom. The lowest BCUT2D eigenvalue weighted by molar-refractivity contribution is -0.362. The van der Waals surface area contributed by atoms with Gasteiger partial charge in [0.15, 0.2) is 12.6 Å². The van der Waals surface area contributed by atoms with Crippen molar-refractivity contribution in [2.75, 3.05) is 6.61 Å². The Balaban J connectivity index is 1.31. The third-order valence-electron chi connectivity index (χ3n) is 9.64. The maximum Gasteiger partial charge on any atom is 0.264 e. The van der Waals surface area contributed by atoms with Crippen molar-refractivity contribution in [3.63, 3.8) is 0 Å². The lowest BCUT2D eigenvalue weighted by Crippen LogP contribution is -2.72. The van der Waals surface area contributed by atoms with Crippen LogP contribution in [0.3, 0.4) is 0 Å². The summed E-state index contributed by atoms with van der Waals surface area (Å²) in [4.78, 5) is 0. The summed E-state index contributed by atoms with van der Waals surface area (Å²) in [6, 6.07) is 51.7. The molecule has 2 aliphatic heterocycles. The second-order valence-electron chi connectivity index (χ2n) is 14.0. The summed E-state index contributed by atoms with van der Waals surface area (Å²) in [5.74, 6) is 0. The molecule has 7 rings (SSSR count). The van der Waals surface area contributed by atoms with E-state index in [0.717, 1.165) is 27.1 Å². The van der Waals surface area contributed by atoms with Crippen LogP contribution in [-0.4, -0.2) is 45.6 Å². The molecule has 0 aliphatic carbocycles. The topological polar surface area (TPSA) is 55.4 Å². The largest absolute Gasteiger partial charge is 0.381 e. The van der Waals surface area contributed by atoms with Crippen LogP contribution in [0.15, 0.2) is 152 Å². The molecule has 2 heterocycles. The molecule has 0 N–H and O–H groups in total. The van der Waals surface area contributed by atoms with Gasteiger partial charge in [-0.05, 0) is 26.5 Å². The number of benzene rings is 5. The minimum absolute atomic E-state index is 0.280. The van der Waals surface area contributed by atoms with Gasteiger partial charge in [-0.15, -0.1) is 0 Å². The first-order valence-electron chi connectivity index (χ1n) is 17.5. The van der Waals surface area contributed by atoms with Crippen molar-refractivity contribution >= 4 is 18.7 Å².